The van der Waals surface area contributed by atoms with Crippen molar-refractivity contribution in [3.05, 3.63) is 0 Å². The molecule has 22 heteroatoms. The molecule has 6 atom stereocenters. The fourth-order valence-corrected chi connectivity index (χ4v) is 5.62. The Bertz CT molecular complexity index is 678. The first-order valence-corrected chi connectivity index (χ1v) is 12.6. The van der Waals surface area contributed by atoms with E-state index in [0.717, 1.165) is 0 Å². The van der Waals surface area contributed by atoms with E-state index in [2.05, 4.69) is 17.7 Å². The van der Waals surface area contributed by atoms with Gasteiger partial charge in [-0.2, -0.15) is 8.62 Å². The molecule has 0 aromatic heterocycles. The normalized spacial score (nSPS) is 36.5. The average Bonchev–Trinajstić information content (AvgIpc) is 2.41. The predicted octanol–water partition coefficient (Wildman–Crippen LogP) is -3.37. The summed E-state index contributed by atoms with van der Waals surface area (Å²) >= 11 is 0. The van der Waals surface area contributed by atoms with Gasteiger partial charge in [0.1, 0.15) is 36.6 Å². The first-order valence-electron chi connectivity index (χ1n) is 6.53. The van der Waals surface area contributed by atoms with E-state index in [9.17, 15) is 48.5 Å². The standard InChI is InChI=1S/C6H16O18P4/c7-1-2(8)5(21-27(17,18)23-25(11,12)13)4(10)6(3(1)9)22-28(19,20)24-26(14,15)16/h1-10H,(H,17,18)(H,19,20)(H2,11,12,13)(H2,14,15,16). The van der Waals surface area contributed by atoms with Gasteiger partial charge >= 0.3 is 31.3 Å². The van der Waals surface area contributed by atoms with Crippen LogP contribution in [0.25, 0.3) is 0 Å². The van der Waals surface area contributed by atoms with Crippen molar-refractivity contribution in [2.24, 2.45) is 0 Å². The van der Waals surface area contributed by atoms with Crippen molar-refractivity contribution in [1.82, 2.24) is 0 Å². The van der Waals surface area contributed by atoms with Gasteiger partial charge in [-0.15, -0.1) is 0 Å². The minimum Gasteiger partial charge on any atom is -0.387 e. The second-order valence-corrected chi connectivity index (χ2v) is 10.7. The maximum atomic E-state index is 11.5. The lowest BCUT2D eigenvalue weighted by Crippen LogP contribution is -2.64. The smallest absolute Gasteiger partial charge is 0.387 e. The summed E-state index contributed by atoms with van der Waals surface area (Å²) < 4.78 is 59.4. The molecule has 0 radical (unpaired) electrons. The van der Waals surface area contributed by atoms with Gasteiger partial charge in [0.05, 0.1) is 0 Å². The van der Waals surface area contributed by atoms with Crippen LogP contribution in [-0.4, -0.2) is 86.4 Å². The highest BCUT2D eigenvalue weighted by Gasteiger charge is 2.55. The molecule has 1 fully saturated rings. The van der Waals surface area contributed by atoms with Gasteiger partial charge in [0.25, 0.3) is 0 Å². The maximum Gasteiger partial charge on any atom is 0.481 e. The van der Waals surface area contributed by atoms with Crippen molar-refractivity contribution in [2.75, 3.05) is 0 Å². The first kappa shape index (κ1) is 26.4. The van der Waals surface area contributed by atoms with Gasteiger partial charge in [0.15, 0.2) is 0 Å². The molecule has 0 bridgehead atoms. The van der Waals surface area contributed by atoms with E-state index in [1.807, 2.05) is 0 Å². The van der Waals surface area contributed by atoms with Gasteiger partial charge in [-0.3, -0.25) is 9.05 Å². The quantitative estimate of drug-likeness (QED) is 0.145. The molecule has 18 nitrogen and oxygen atoms in total. The van der Waals surface area contributed by atoms with Crippen LogP contribution < -0.4 is 0 Å². The molecule has 10 N–H and O–H groups in total. The lowest BCUT2D eigenvalue weighted by molar-refractivity contribution is -0.215. The Morgan fingerprint density at radius 1 is 0.500 bits per heavy atom. The molecule has 0 amide bonds. The van der Waals surface area contributed by atoms with Gasteiger partial charge in [0.2, 0.25) is 0 Å². The van der Waals surface area contributed by atoms with Crippen LogP contribution in [0.1, 0.15) is 0 Å². The number of hydrogen-bond donors (Lipinski definition) is 10. The summed E-state index contributed by atoms with van der Waals surface area (Å²) in [6, 6.07) is 0. The number of aliphatic hydroxyl groups excluding tert-OH is 4. The molecule has 1 aliphatic carbocycles. The molecule has 0 aromatic rings. The van der Waals surface area contributed by atoms with Gasteiger partial charge in [-0.05, 0) is 0 Å². The number of aliphatic hydroxyl groups is 4. The van der Waals surface area contributed by atoms with E-state index in [4.69, 9.17) is 19.6 Å². The predicted molar refractivity (Wildman–Crippen MR) is 79.7 cm³/mol. The highest BCUT2D eigenvalue weighted by atomic mass is 31.3. The molecule has 28 heavy (non-hydrogen) atoms. The molecule has 1 saturated carbocycles. The highest BCUT2D eigenvalue weighted by Crippen LogP contribution is 2.61. The summed E-state index contributed by atoms with van der Waals surface area (Å²) in [7, 11) is -22.7. The summed E-state index contributed by atoms with van der Waals surface area (Å²) in [5, 5.41) is 39.1. The Labute approximate surface area is 154 Å². The van der Waals surface area contributed by atoms with E-state index in [1.54, 1.807) is 0 Å². The van der Waals surface area contributed by atoms with Crippen LogP contribution in [0.4, 0.5) is 0 Å². The Kier molecular flexibility index (Phi) is 8.34. The Hall–Kier alpha value is 0.360. The molecular formula is C6H16O18P4. The van der Waals surface area contributed by atoms with Crippen LogP contribution in [0.3, 0.4) is 0 Å². The van der Waals surface area contributed by atoms with Crippen molar-refractivity contribution in [3.63, 3.8) is 0 Å². The first-order chi connectivity index (χ1) is 12.2. The molecule has 1 rings (SSSR count). The van der Waals surface area contributed by atoms with Crippen molar-refractivity contribution in [3.8, 4) is 0 Å². The van der Waals surface area contributed by atoms with E-state index in [1.165, 1.54) is 0 Å². The number of phosphoric ester groups is 2. The summed E-state index contributed by atoms with van der Waals surface area (Å²) in [5.74, 6) is 0. The van der Waals surface area contributed by atoms with Crippen LogP contribution in [0.15, 0.2) is 0 Å². The maximum absolute atomic E-state index is 11.5. The second kappa shape index (κ2) is 8.85. The van der Waals surface area contributed by atoms with Crippen LogP contribution >= 0.6 is 31.3 Å². The van der Waals surface area contributed by atoms with Crippen LogP contribution in [0.5, 0.6) is 0 Å². The molecule has 0 aromatic carbocycles. The van der Waals surface area contributed by atoms with E-state index < -0.39 is 67.9 Å². The number of phosphoric acid groups is 4. The number of rotatable bonds is 8. The molecule has 6 unspecified atom stereocenters. The Morgan fingerprint density at radius 2 is 0.786 bits per heavy atom. The minimum atomic E-state index is -5.73. The monoisotopic (exact) mass is 500 g/mol. The Balaban J connectivity index is 3.11. The lowest BCUT2D eigenvalue weighted by atomic mass is 9.85. The summed E-state index contributed by atoms with van der Waals surface area (Å²) in [4.78, 5) is 52.5. The molecule has 0 heterocycles. The van der Waals surface area contributed by atoms with Crippen molar-refractivity contribution in [2.45, 2.75) is 36.6 Å². The average molecular weight is 500 g/mol. The zero-order chi connectivity index (χ0) is 22.3. The summed E-state index contributed by atoms with van der Waals surface area (Å²) in [5.41, 5.74) is 0. The van der Waals surface area contributed by atoms with E-state index in [-0.39, 0.29) is 0 Å². The molecular weight excluding hydrogens is 484 g/mol. The van der Waals surface area contributed by atoms with Crippen molar-refractivity contribution < 1.29 is 85.7 Å². The van der Waals surface area contributed by atoms with Gasteiger partial charge in [-0.25, -0.2) is 18.3 Å². The second-order valence-electron chi connectivity index (χ2n) is 5.18. The SMILES string of the molecule is O=P(O)(O)OP(=O)(O)OC1C(O)C(O)C(O)C(OP(=O)(O)OP(=O)(O)O)C1O. The van der Waals surface area contributed by atoms with Crippen LogP contribution in [0, 0.1) is 0 Å². The fourth-order valence-electron chi connectivity index (χ4n) is 2.05. The minimum absolute atomic E-state index is 2.43. The third-order valence-electron chi connectivity index (χ3n) is 2.98. The van der Waals surface area contributed by atoms with Crippen LogP contribution in [0.2, 0.25) is 0 Å². The zero-order valence-corrected chi connectivity index (χ0v) is 16.6. The molecule has 0 aliphatic heterocycles. The molecule has 168 valence electrons. The summed E-state index contributed by atoms with van der Waals surface area (Å²) in [6.45, 7) is 0. The largest absolute Gasteiger partial charge is 0.481 e. The van der Waals surface area contributed by atoms with E-state index in [0.29, 0.717) is 0 Å². The number of hydrogen-bond acceptors (Lipinski definition) is 12. The fraction of sp³-hybridized carbons (Fsp3) is 1.00. The van der Waals surface area contributed by atoms with E-state index >= 15 is 0 Å². The highest BCUT2D eigenvalue weighted by molar-refractivity contribution is 7.61. The van der Waals surface area contributed by atoms with Crippen molar-refractivity contribution in [1.29, 1.82) is 0 Å². The molecule has 0 spiro atoms. The molecule has 0 saturated heterocycles. The third kappa shape index (κ3) is 7.89. The van der Waals surface area contributed by atoms with Gasteiger partial charge in [0, 0.05) is 0 Å². The van der Waals surface area contributed by atoms with Crippen LogP contribution in [-0.2, 0) is 35.9 Å². The zero-order valence-electron chi connectivity index (χ0n) is 13.0. The molecule has 1 aliphatic rings. The third-order valence-corrected chi connectivity index (χ3v) is 7.35. The van der Waals surface area contributed by atoms with Gasteiger partial charge < -0.3 is 49.8 Å². The lowest BCUT2D eigenvalue weighted by Gasteiger charge is -2.43. The van der Waals surface area contributed by atoms with Crippen molar-refractivity contribution >= 4 is 31.3 Å². The van der Waals surface area contributed by atoms with Gasteiger partial charge in [-0.1, -0.05) is 0 Å². The Morgan fingerprint density at radius 3 is 1.04 bits per heavy atom. The topological polar surface area (TPSA) is 308 Å². The summed E-state index contributed by atoms with van der Waals surface area (Å²) in [6.07, 6.45) is -15.0.